The highest BCUT2D eigenvalue weighted by Gasteiger charge is 2.23. The molecule has 0 N–H and O–H groups in total. The number of nitro benzene ring substituents is 2. The van der Waals surface area contributed by atoms with Crippen LogP contribution in [0.2, 0.25) is 0 Å². The molecule has 0 saturated heterocycles. The van der Waals surface area contributed by atoms with Gasteiger partial charge in [0.15, 0.2) is 0 Å². The minimum absolute atomic E-state index is 0.0744. The Labute approximate surface area is 798 Å². The Kier molecular flexibility index (Phi) is 26.1. The topological polar surface area (TPSA) is 115 Å². The maximum atomic E-state index is 11.3. The molecule has 0 atom stereocenters. The van der Waals surface area contributed by atoms with E-state index in [1.54, 1.807) is 31.4 Å². The number of methoxy groups -OCH3 is 1. The standard InChI is InChI=1S/C42H34N2O.2C41H31N3O2/c1-43(38-16-10-18-40(30-38)45-2)36-25-21-32(22-26-36)33-23-27-37(28-24-33)44(42-20-9-14-34-13-6-7-19-41(34)42)39-17-8-15-35(29-39)31-11-4-3-5-12-31;1-42(37-15-9-17-39(29-37)44(45)46)35-24-20-31(21-25-35)32-22-26-36(27-23-32)43(41-19-8-13-33-12-5-6-18-40(33)41)38-16-7-14-34(28-38)30-10-3-2-4-11-30;1-42(36-25-27-38(28-26-36)44(45)46)35-21-17-31(18-22-35)32-19-23-37(24-20-32)43(41-16-8-12-33-11-5-6-15-40(33)41)39-14-7-13-34(29-39)30-9-3-2-4-10-30/h3-30H,1-2H3;2*2-29H,1H3. The summed E-state index contributed by atoms with van der Waals surface area (Å²) in [6.45, 7) is 0. The van der Waals surface area contributed by atoms with E-state index in [1.165, 1.54) is 89.5 Å². The number of benzene rings is 21. The van der Waals surface area contributed by atoms with E-state index >= 15 is 0 Å². The summed E-state index contributed by atoms with van der Waals surface area (Å²) in [4.78, 5) is 34.7. The van der Waals surface area contributed by atoms with E-state index < -0.39 is 0 Å². The van der Waals surface area contributed by atoms with Crippen LogP contribution in [0, 0.1) is 20.2 Å². The molecule has 0 aliphatic rings. The Hall–Kier alpha value is -18.2. The molecule has 0 saturated carbocycles. The number of non-ortho nitro benzene ring substituents is 2. The molecule has 0 bridgehead atoms. The number of ether oxygens (including phenoxy) is 1. The van der Waals surface area contributed by atoms with Crippen LogP contribution < -0.4 is 34.1 Å². The molecule has 0 unspecified atom stereocenters. The summed E-state index contributed by atoms with van der Waals surface area (Å²) in [5, 5.41) is 29.5. The molecular formula is C124H96N8O5. The van der Waals surface area contributed by atoms with Crippen molar-refractivity contribution < 1.29 is 14.6 Å². The molecule has 13 heteroatoms. The summed E-state index contributed by atoms with van der Waals surface area (Å²) in [5.74, 6) is 0.848. The van der Waals surface area contributed by atoms with E-state index in [-0.39, 0.29) is 21.2 Å². The van der Waals surface area contributed by atoms with Crippen LogP contribution in [0.5, 0.6) is 5.75 Å². The van der Waals surface area contributed by atoms with Gasteiger partial charge >= 0.3 is 0 Å². The number of nitrogens with zero attached hydrogens (tertiary/aromatic N) is 8. The molecule has 0 heterocycles. The highest BCUT2D eigenvalue weighted by atomic mass is 16.6. The van der Waals surface area contributed by atoms with Crippen LogP contribution in [0.4, 0.5) is 96.7 Å². The second-order valence-electron chi connectivity index (χ2n) is 33.5. The predicted octanol–water partition coefficient (Wildman–Crippen LogP) is 34.1. The molecule has 0 spiro atoms. The number of rotatable bonds is 24. The van der Waals surface area contributed by atoms with Gasteiger partial charge in [-0.25, -0.2) is 0 Å². The van der Waals surface area contributed by atoms with Crippen molar-refractivity contribution in [3.05, 3.63) is 530 Å². The fraction of sp³-hybridized carbons (Fsp3) is 0.0323. The first-order valence-corrected chi connectivity index (χ1v) is 45.5. The molecule has 0 fully saturated rings. The second-order valence-corrected chi connectivity index (χ2v) is 33.5. The van der Waals surface area contributed by atoms with Crippen LogP contribution in [0.15, 0.2) is 510 Å². The van der Waals surface area contributed by atoms with Gasteiger partial charge < -0.3 is 34.1 Å². The quantitative estimate of drug-likeness (QED) is 0.0425. The summed E-state index contributed by atoms with van der Waals surface area (Å²) in [7, 11) is 7.65. The average molecular weight is 1780 g/mol. The van der Waals surface area contributed by atoms with Crippen molar-refractivity contribution in [1.82, 2.24) is 0 Å². The molecule has 21 aromatic rings. The zero-order valence-electron chi connectivity index (χ0n) is 76.1. The normalized spacial score (nSPS) is 10.9. The van der Waals surface area contributed by atoms with Crippen LogP contribution in [0.25, 0.3) is 99.1 Å². The Morgan fingerprint density at radius 3 is 0.737 bits per heavy atom. The van der Waals surface area contributed by atoms with E-state index in [2.05, 4.69) is 445 Å². The Balaban J connectivity index is 0.000000132. The number of fused-ring (bicyclic) bond motifs is 3. The fourth-order valence-electron chi connectivity index (χ4n) is 17.8. The van der Waals surface area contributed by atoms with Crippen LogP contribution in [0.1, 0.15) is 0 Å². The highest BCUT2D eigenvalue weighted by molar-refractivity contribution is 6.03. The summed E-state index contributed by atoms with van der Waals surface area (Å²) < 4.78 is 5.42. The zero-order valence-corrected chi connectivity index (χ0v) is 76.1. The maximum absolute atomic E-state index is 11.3. The van der Waals surface area contributed by atoms with E-state index in [0.717, 1.165) is 119 Å². The zero-order chi connectivity index (χ0) is 93.5. The van der Waals surface area contributed by atoms with E-state index in [4.69, 9.17) is 4.74 Å². The first-order valence-electron chi connectivity index (χ1n) is 45.5. The number of hydrogen-bond acceptors (Lipinski definition) is 11. The number of anilines is 15. The van der Waals surface area contributed by atoms with Gasteiger partial charge in [-0.3, -0.25) is 20.2 Å². The Bertz CT molecular complexity index is 7780. The molecule has 137 heavy (non-hydrogen) atoms. The summed E-state index contributed by atoms with van der Waals surface area (Å²) >= 11 is 0. The molecule has 0 radical (unpaired) electrons. The molecule has 0 amide bonds. The average Bonchev–Trinajstić information content (AvgIpc) is 0.778. The minimum atomic E-state index is -0.382. The van der Waals surface area contributed by atoms with Crippen molar-refractivity contribution in [2.24, 2.45) is 0 Å². The summed E-state index contributed by atoms with van der Waals surface area (Å²) in [6, 6.07) is 176. The smallest absolute Gasteiger partial charge is 0.271 e. The van der Waals surface area contributed by atoms with Crippen LogP contribution in [-0.2, 0) is 0 Å². The van der Waals surface area contributed by atoms with Crippen LogP contribution >= 0.6 is 0 Å². The molecule has 0 aliphatic heterocycles. The first kappa shape index (κ1) is 88.1. The van der Waals surface area contributed by atoms with Crippen LogP contribution in [0.3, 0.4) is 0 Å². The lowest BCUT2D eigenvalue weighted by molar-refractivity contribution is -0.385. The van der Waals surface area contributed by atoms with Gasteiger partial charge in [0, 0.05) is 136 Å². The fourth-order valence-corrected chi connectivity index (χ4v) is 17.8. The Morgan fingerprint density at radius 1 is 0.190 bits per heavy atom. The van der Waals surface area contributed by atoms with E-state index in [0.29, 0.717) is 0 Å². The Morgan fingerprint density at radius 2 is 0.423 bits per heavy atom. The largest absolute Gasteiger partial charge is 0.497 e. The summed E-state index contributed by atoms with van der Waals surface area (Å²) in [6.07, 6.45) is 0. The maximum Gasteiger partial charge on any atom is 0.271 e. The van der Waals surface area contributed by atoms with Crippen molar-refractivity contribution in [1.29, 1.82) is 0 Å². The van der Waals surface area contributed by atoms with Gasteiger partial charge in [-0.05, 0) is 241 Å². The van der Waals surface area contributed by atoms with Gasteiger partial charge in [-0.2, -0.15) is 0 Å². The van der Waals surface area contributed by atoms with Gasteiger partial charge in [0.2, 0.25) is 0 Å². The first-order chi connectivity index (χ1) is 67.3. The van der Waals surface area contributed by atoms with Gasteiger partial charge in [0.25, 0.3) is 11.4 Å². The minimum Gasteiger partial charge on any atom is -0.497 e. The van der Waals surface area contributed by atoms with Crippen molar-refractivity contribution in [3.8, 4) is 72.5 Å². The summed E-state index contributed by atoms with van der Waals surface area (Å²) in [5.41, 5.74) is 29.7. The molecule has 13 nitrogen and oxygen atoms in total. The third-order valence-electron chi connectivity index (χ3n) is 25.1. The molecule has 662 valence electrons. The van der Waals surface area contributed by atoms with E-state index in [1.807, 2.05) is 72.4 Å². The van der Waals surface area contributed by atoms with Crippen molar-refractivity contribution >= 4 is 129 Å². The number of nitro groups is 2. The molecular weight excluding hydrogens is 1680 g/mol. The van der Waals surface area contributed by atoms with Gasteiger partial charge in [-0.1, -0.05) is 322 Å². The van der Waals surface area contributed by atoms with E-state index in [9.17, 15) is 20.2 Å². The molecule has 0 aliphatic carbocycles. The third-order valence-corrected chi connectivity index (χ3v) is 25.1. The lowest BCUT2D eigenvalue weighted by atomic mass is 10.0. The predicted molar refractivity (Wildman–Crippen MR) is 572 cm³/mol. The lowest BCUT2D eigenvalue weighted by Gasteiger charge is -2.27. The monoisotopic (exact) mass is 1780 g/mol. The lowest BCUT2D eigenvalue weighted by Crippen LogP contribution is -2.10. The van der Waals surface area contributed by atoms with Gasteiger partial charge in [0.05, 0.1) is 34.0 Å². The van der Waals surface area contributed by atoms with Crippen molar-refractivity contribution in [2.75, 3.05) is 57.7 Å². The molecule has 0 aromatic heterocycles. The van der Waals surface area contributed by atoms with Crippen LogP contribution in [-0.4, -0.2) is 38.1 Å². The SMILES string of the molecule is CN(c1ccc(-c2ccc(N(c3cccc(-c4ccccc4)c3)c3cccc4ccccc34)cc2)cc1)c1ccc([N+](=O)[O-])cc1.CN(c1ccc(-c2ccc(N(c3cccc(-c4ccccc4)c3)c3cccc4ccccc34)cc2)cc1)c1cccc([N+](=O)[O-])c1.COc1cccc(N(C)c2ccc(-c3ccc(N(c4cccc(-c5ccccc5)c4)c4cccc5ccccc45)cc3)cc2)c1. The van der Waals surface area contributed by atoms with Crippen molar-refractivity contribution in [3.63, 3.8) is 0 Å². The molecule has 21 rings (SSSR count). The van der Waals surface area contributed by atoms with Crippen molar-refractivity contribution in [2.45, 2.75) is 0 Å². The van der Waals surface area contributed by atoms with Gasteiger partial charge in [-0.15, -0.1) is 0 Å². The molecule has 21 aromatic carbocycles. The third kappa shape index (κ3) is 19.8. The number of hydrogen-bond donors (Lipinski definition) is 0. The van der Waals surface area contributed by atoms with Gasteiger partial charge in [0.1, 0.15) is 5.75 Å². The highest BCUT2D eigenvalue weighted by Crippen LogP contribution is 2.47. The second kappa shape index (κ2) is 40.7.